The van der Waals surface area contributed by atoms with E-state index >= 15 is 0 Å². The van der Waals surface area contributed by atoms with Crippen LogP contribution in [0.3, 0.4) is 0 Å². The Labute approximate surface area is 127 Å². The van der Waals surface area contributed by atoms with Gasteiger partial charge in [-0.05, 0) is 44.9 Å². The van der Waals surface area contributed by atoms with Crippen LogP contribution >= 0.6 is 0 Å². The monoisotopic (exact) mass is 282 g/mol. The molecule has 2 aliphatic heterocycles. The lowest BCUT2D eigenvalue weighted by Gasteiger charge is -2.45. The minimum Gasteiger partial charge on any atom is -0.326 e. The molecule has 2 heteroatoms. The standard InChI is InChI=1S/C18H38N2/c1-4-18(20(3)16-9-6-10-17-20)12-11-15-19(2)13-7-5-8-14-19/h18H,4-17H2,1-3H3/q+2. The van der Waals surface area contributed by atoms with E-state index < -0.39 is 0 Å². The minimum absolute atomic E-state index is 0.923. The Balaban J connectivity index is 1.78. The van der Waals surface area contributed by atoms with Gasteiger partial charge in [0.05, 0.1) is 52.9 Å². The third kappa shape index (κ3) is 4.21. The highest BCUT2D eigenvalue weighted by Crippen LogP contribution is 2.26. The van der Waals surface area contributed by atoms with Crippen LogP contribution in [0.5, 0.6) is 0 Å². The third-order valence-corrected chi connectivity index (χ3v) is 6.32. The zero-order valence-corrected chi connectivity index (χ0v) is 14.4. The van der Waals surface area contributed by atoms with Gasteiger partial charge >= 0.3 is 0 Å². The maximum absolute atomic E-state index is 2.53. The van der Waals surface area contributed by atoms with Crippen LogP contribution in [-0.4, -0.2) is 61.8 Å². The van der Waals surface area contributed by atoms with Crippen LogP contribution in [0.2, 0.25) is 0 Å². The minimum atomic E-state index is 0.923. The highest BCUT2D eigenvalue weighted by Gasteiger charge is 2.33. The molecule has 1 atom stereocenters. The Bertz CT molecular complexity index is 275. The highest BCUT2D eigenvalue weighted by atomic mass is 15.4. The Kier molecular flexibility index (Phi) is 5.92. The van der Waals surface area contributed by atoms with E-state index in [1.165, 1.54) is 99.5 Å². The molecule has 0 N–H and O–H groups in total. The highest BCUT2D eigenvalue weighted by molar-refractivity contribution is 4.63. The molecule has 0 saturated carbocycles. The number of piperidine rings is 2. The molecule has 0 aromatic carbocycles. The number of hydrogen-bond acceptors (Lipinski definition) is 0. The van der Waals surface area contributed by atoms with Gasteiger partial charge in [0.1, 0.15) is 0 Å². The first kappa shape index (κ1) is 16.3. The van der Waals surface area contributed by atoms with Crippen molar-refractivity contribution in [1.29, 1.82) is 0 Å². The van der Waals surface area contributed by atoms with Gasteiger partial charge in [0.25, 0.3) is 0 Å². The van der Waals surface area contributed by atoms with Gasteiger partial charge in [0, 0.05) is 12.8 Å². The Morgan fingerprint density at radius 2 is 1.35 bits per heavy atom. The van der Waals surface area contributed by atoms with E-state index in [9.17, 15) is 0 Å². The second kappa shape index (κ2) is 7.26. The van der Waals surface area contributed by atoms with Crippen LogP contribution in [0, 0.1) is 0 Å². The van der Waals surface area contributed by atoms with Crippen molar-refractivity contribution in [2.45, 2.75) is 70.8 Å². The average Bonchev–Trinajstić information content (AvgIpc) is 2.45. The molecule has 0 aromatic heterocycles. The molecule has 0 spiro atoms. The summed E-state index contributed by atoms with van der Waals surface area (Å²) in [5.41, 5.74) is 0. The summed E-state index contributed by atoms with van der Waals surface area (Å²) < 4.78 is 2.74. The van der Waals surface area contributed by atoms with Crippen molar-refractivity contribution in [1.82, 2.24) is 0 Å². The first-order chi connectivity index (χ1) is 9.58. The second-order valence-electron chi connectivity index (χ2n) is 8.04. The largest absolute Gasteiger partial charge is 0.326 e. The molecule has 20 heavy (non-hydrogen) atoms. The molecule has 2 heterocycles. The van der Waals surface area contributed by atoms with E-state index in [2.05, 4.69) is 21.0 Å². The van der Waals surface area contributed by atoms with Crippen molar-refractivity contribution >= 4 is 0 Å². The molecular formula is C18H38N2+2. The molecule has 0 aromatic rings. The molecule has 118 valence electrons. The van der Waals surface area contributed by atoms with Gasteiger partial charge in [0.15, 0.2) is 0 Å². The summed E-state index contributed by atoms with van der Waals surface area (Å²) in [4.78, 5) is 0. The Hall–Kier alpha value is -0.0800. The van der Waals surface area contributed by atoms with E-state index in [4.69, 9.17) is 0 Å². The van der Waals surface area contributed by atoms with Gasteiger partial charge < -0.3 is 8.97 Å². The van der Waals surface area contributed by atoms with Gasteiger partial charge in [0.2, 0.25) is 0 Å². The zero-order chi connectivity index (χ0) is 14.5. The molecule has 2 aliphatic rings. The van der Waals surface area contributed by atoms with Crippen molar-refractivity contribution in [2.75, 3.05) is 46.8 Å². The van der Waals surface area contributed by atoms with Crippen LogP contribution in [0.4, 0.5) is 0 Å². The lowest BCUT2D eigenvalue weighted by molar-refractivity contribution is -0.939. The molecular weight excluding hydrogens is 244 g/mol. The van der Waals surface area contributed by atoms with E-state index in [1.54, 1.807) is 0 Å². The molecule has 2 fully saturated rings. The molecule has 0 amide bonds. The lowest BCUT2D eigenvalue weighted by Crippen LogP contribution is -2.55. The van der Waals surface area contributed by atoms with E-state index in [-0.39, 0.29) is 0 Å². The topological polar surface area (TPSA) is 0 Å². The average molecular weight is 283 g/mol. The summed E-state index contributed by atoms with van der Waals surface area (Å²) in [6, 6.07) is 0.923. The Morgan fingerprint density at radius 3 is 1.90 bits per heavy atom. The van der Waals surface area contributed by atoms with Crippen LogP contribution in [-0.2, 0) is 0 Å². The predicted molar refractivity (Wildman–Crippen MR) is 87.7 cm³/mol. The molecule has 0 radical (unpaired) electrons. The molecule has 1 unspecified atom stereocenters. The summed E-state index contributed by atoms with van der Waals surface area (Å²) in [7, 11) is 5.03. The normalized spacial score (nSPS) is 27.1. The molecule has 2 rings (SSSR count). The van der Waals surface area contributed by atoms with Crippen molar-refractivity contribution in [3.63, 3.8) is 0 Å². The van der Waals surface area contributed by atoms with Gasteiger partial charge in [-0.25, -0.2) is 0 Å². The zero-order valence-electron chi connectivity index (χ0n) is 14.4. The summed E-state index contributed by atoms with van der Waals surface area (Å²) in [5, 5.41) is 0. The maximum atomic E-state index is 2.53. The fourth-order valence-corrected chi connectivity index (χ4v) is 4.76. The predicted octanol–water partition coefficient (Wildman–Crippen LogP) is 3.81. The summed E-state index contributed by atoms with van der Waals surface area (Å²) in [6.45, 7) is 9.58. The number of rotatable bonds is 6. The number of quaternary nitrogens is 2. The van der Waals surface area contributed by atoms with Crippen molar-refractivity contribution in [3.05, 3.63) is 0 Å². The summed E-state index contributed by atoms with van der Waals surface area (Å²) in [6.07, 6.45) is 13.1. The van der Waals surface area contributed by atoms with E-state index in [0.29, 0.717) is 0 Å². The maximum Gasteiger partial charge on any atom is 0.0887 e. The van der Waals surface area contributed by atoms with Gasteiger partial charge in [-0.2, -0.15) is 0 Å². The number of likely N-dealkylation sites (tertiary alicyclic amines) is 2. The first-order valence-corrected chi connectivity index (χ1v) is 9.26. The van der Waals surface area contributed by atoms with E-state index in [1.807, 2.05) is 0 Å². The van der Waals surface area contributed by atoms with Crippen molar-refractivity contribution in [2.24, 2.45) is 0 Å². The van der Waals surface area contributed by atoms with Gasteiger partial charge in [-0.1, -0.05) is 6.92 Å². The van der Waals surface area contributed by atoms with Crippen LogP contribution in [0.25, 0.3) is 0 Å². The summed E-state index contributed by atoms with van der Waals surface area (Å²) >= 11 is 0. The molecule has 2 saturated heterocycles. The third-order valence-electron chi connectivity index (χ3n) is 6.32. The fourth-order valence-electron chi connectivity index (χ4n) is 4.76. The second-order valence-corrected chi connectivity index (χ2v) is 8.04. The number of nitrogens with zero attached hydrogens (tertiary/aromatic N) is 2. The number of hydrogen-bond donors (Lipinski definition) is 0. The first-order valence-electron chi connectivity index (χ1n) is 9.26. The van der Waals surface area contributed by atoms with Crippen LogP contribution < -0.4 is 0 Å². The quantitative estimate of drug-likeness (QED) is 0.650. The Morgan fingerprint density at radius 1 is 0.800 bits per heavy atom. The lowest BCUT2D eigenvalue weighted by atomic mass is 9.98. The van der Waals surface area contributed by atoms with Crippen LogP contribution in [0.1, 0.15) is 64.7 Å². The molecule has 2 nitrogen and oxygen atoms in total. The summed E-state index contributed by atoms with van der Waals surface area (Å²) in [5.74, 6) is 0. The van der Waals surface area contributed by atoms with Gasteiger partial charge in [-0.3, -0.25) is 0 Å². The van der Waals surface area contributed by atoms with Crippen LogP contribution in [0.15, 0.2) is 0 Å². The van der Waals surface area contributed by atoms with Crippen molar-refractivity contribution < 1.29 is 8.97 Å². The fraction of sp³-hybridized carbons (Fsp3) is 1.00. The SMILES string of the molecule is CCC(CCC[N+]1(C)CCCCC1)[N+]1(C)CCCCC1. The molecule has 0 bridgehead atoms. The smallest absolute Gasteiger partial charge is 0.0887 e. The van der Waals surface area contributed by atoms with Crippen molar-refractivity contribution in [3.8, 4) is 0 Å². The van der Waals surface area contributed by atoms with Gasteiger partial charge in [-0.15, -0.1) is 0 Å². The molecule has 0 aliphatic carbocycles. The van der Waals surface area contributed by atoms with E-state index in [0.717, 1.165) is 6.04 Å².